The molecular formula is C13H14F3N3. The van der Waals surface area contributed by atoms with Gasteiger partial charge in [-0.1, -0.05) is 0 Å². The molecule has 0 amide bonds. The molecule has 0 aromatic carbocycles. The van der Waals surface area contributed by atoms with Crippen molar-refractivity contribution < 1.29 is 13.2 Å². The van der Waals surface area contributed by atoms with Crippen molar-refractivity contribution in [2.75, 3.05) is 13.1 Å². The molecule has 1 fully saturated rings. The first kappa shape index (κ1) is 12.5. The molecule has 0 aliphatic carbocycles. The number of fused-ring (bicyclic) bond motifs is 1. The van der Waals surface area contributed by atoms with Crippen LogP contribution in [-0.2, 0) is 6.18 Å². The Morgan fingerprint density at radius 2 is 2.21 bits per heavy atom. The number of nitrogens with zero attached hydrogens (tertiary/aromatic N) is 2. The van der Waals surface area contributed by atoms with Gasteiger partial charge in [0.25, 0.3) is 0 Å². The standard InChI is InChI=1S/C13H14F3N3/c14-13(15,16)10-4-2-6-19-11(10)8-18-12(19)9-3-1-5-17-7-9/h2,4,6,8-9,17H,1,3,5,7H2. The van der Waals surface area contributed by atoms with E-state index in [9.17, 15) is 13.2 Å². The SMILES string of the molecule is FC(F)(F)c1cccn2c(C3CCCNC3)ncc12. The molecule has 3 heterocycles. The van der Waals surface area contributed by atoms with E-state index in [0.717, 1.165) is 32.0 Å². The summed E-state index contributed by atoms with van der Waals surface area (Å²) in [6.07, 6.45) is 0.625. The minimum atomic E-state index is -4.34. The number of pyridine rings is 1. The predicted molar refractivity (Wildman–Crippen MR) is 65.0 cm³/mol. The lowest BCUT2D eigenvalue weighted by Crippen LogP contribution is -2.29. The summed E-state index contributed by atoms with van der Waals surface area (Å²) in [6.45, 7) is 1.74. The molecule has 3 nitrogen and oxygen atoms in total. The van der Waals surface area contributed by atoms with Gasteiger partial charge >= 0.3 is 6.18 Å². The van der Waals surface area contributed by atoms with Crippen molar-refractivity contribution in [2.24, 2.45) is 0 Å². The molecule has 1 aliphatic rings. The molecule has 0 bridgehead atoms. The summed E-state index contributed by atoms with van der Waals surface area (Å²) < 4.78 is 40.3. The predicted octanol–water partition coefficient (Wildman–Crippen LogP) is 2.82. The van der Waals surface area contributed by atoms with Crippen molar-refractivity contribution in [3.8, 4) is 0 Å². The quantitative estimate of drug-likeness (QED) is 0.862. The Morgan fingerprint density at radius 1 is 1.37 bits per heavy atom. The molecule has 3 rings (SSSR count). The average molecular weight is 269 g/mol. The van der Waals surface area contributed by atoms with Crippen molar-refractivity contribution in [1.29, 1.82) is 0 Å². The third kappa shape index (κ3) is 2.20. The highest BCUT2D eigenvalue weighted by Crippen LogP contribution is 2.33. The second kappa shape index (κ2) is 4.52. The van der Waals surface area contributed by atoms with Gasteiger partial charge in [-0.15, -0.1) is 0 Å². The highest BCUT2D eigenvalue weighted by atomic mass is 19.4. The van der Waals surface area contributed by atoms with E-state index < -0.39 is 11.7 Å². The van der Waals surface area contributed by atoms with Crippen molar-refractivity contribution in [3.63, 3.8) is 0 Å². The first-order valence-corrected chi connectivity index (χ1v) is 6.31. The number of aromatic nitrogens is 2. The fourth-order valence-electron chi connectivity index (χ4n) is 2.66. The molecule has 2 aromatic heterocycles. The third-order valence-corrected chi connectivity index (χ3v) is 3.57. The zero-order valence-electron chi connectivity index (χ0n) is 10.2. The maximum Gasteiger partial charge on any atom is 0.418 e. The smallest absolute Gasteiger partial charge is 0.316 e. The van der Waals surface area contributed by atoms with Crippen LogP contribution in [0.5, 0.6) is 0 Å². The van der Waals surface area contributed by atoms with Gasteiger partial charge in [-0.05, 0) is 31.5 Å². The first-order valence-electron chi connectivity index (χ1n) is 6.31. The molecule has 1 unspecified atom stereocenters. The van der Waals surface area contributed by atoms with Crippen LogP contribution < -0.4 is 5.32 Å². The fourth-order valence-corrected chi connectivity index (χ4v) is 2.66. The Hall–Kier alpha value is -1.56. The molecule has 0 saturated carbocycles. The van der Waals surface area contributed by atoms with Crippen LogP contribution in [-0.4, -0.2) is 22.5 Å². The van der Waals surface area contributed by atoms with E-state index >= 15 is 0 Å². The summed E-state index contributed by atoms with van der Waals surface area (Å²) in [6, 6.07) is 2.52. The summed E-state index contributed by atoms with van der Waals surface area (Å²) in [5.41, 5.74) is -0.493. The molecule has 1 N–H and O–H groups in total. The summed E-state index contributed by atoms with van der Waals surface area (Å²) in [5, 5.41) is 3.26. The largest absolute Gasteiger partial charge is 0.418 e. The number of alkyl halides is 3. The Balaban J connectivity index is 2.08. The molecule has 19 heavy (non-hydrogen) atoms. The second-order valence-corrected chi connectivity index (χ2v) is 4.83. The zero-order chi connectivity index (χ0) is 13.5. The highest BCUT2D eigenvalue weighted by Gasteiger charge is 2.33. The van der Waals surface area contributed by atoms with Gasteiger partial charge < -0.3 is 9.72 Å². The minimum Gasteiger partial charge on any atom is -0.316 e. The van der Waals surface area contributed by atoms with Gasteiger partial charge in [0.1, 0.15) is 5.82 Å². The highest BCUT2D eigenvalue weighted by molar-refractivity contribution is 5.55. The molecule has 102 valence electrons. The van der Waals surface area contributed by atoms with E-state index in [-0.39, 0.29) is 11.4 Å². The van der Waals surface area contributed by atoms with Crippen LogP contribution in [0, 0.1) is 0 Å². The van der Waals surface area contributed by atoms with Crippen LogP contribution in [0.3, 0.4) is 0 Å². The topological polar surface area (TPSA) is 29.3 Å². The summed E-state index contributed by atoms with van der Waals surface area (Å²) >= 11 is 0. The molecule has 0 radical (unpaired) electrons. The Bertz CT molecular complexity index is 582. The normalized spacial score (nSPS) is 20.9. The van der Waals surface area contributed by atoms with Crippen molar-refractivity contribution in [2.45, 2.75) is 24.9 Å². The van der Waals surface area contributed by atoms with E-state index in [4.69, 9.17) is 0 Å². The third-order valence-electron chi connectivity index (χ3n) is 3.57. The maximum atomic E-state index is 12.9. The monoisotopic (exact) mass is 269 g/mol. The Labute approximate surface area is 108 Å². The van der Waals surface area contributed by atoms with Gasteiger partial charge in [-0.2, -0.15) is 13.2 Å². The van der Waals surface area contributed by atoms with Crippen LogP contribution >= 0.6 is 0 Å². The molecule has 1 aliphatic heterocycles. The second-order valence-electron chi connectivity index (χ2n) is 4.83. The molecule has 1 atom stereocenters. The van der Waals surface area contributed by atoms with E-state index in [1.165, 1.54) is 12.3 Å². The molecule has 2 aromatic rings. The number of hydrogen-bond acceptors (Lipinski definition) is 2. The van der Waals surface area contributed by atoms with Crippen LogP contribution in [0.2, 0.25) is 0 Å². The summed E-state index contributed by atoms with van der Waals surface area (Å²) in [4.78, 5) is 4.22. The van der Waals surface area contributed by atoms with E-state index in [0.29, 0.717) is 5.82 Å². The van der Waals surface area contributed by atoms with E-state index in [1.54, 1.807) is 10.6 Å². The number of hydrogen-bond donors (Lipinski definition) is 1. The van der Waals surface area contributed by atoms with Crippen LogP contribution in [0.1, 0.15) is 30.1 Å². The Kier molecular flexibility index (Phi) is 2.97. The zero-order valence-corrected chi connectivity index (χ0v) is 10.2. The number of rotatable bonds is 1. The van der Waals surface area contributed by atoms with Crippen LogP contribution in [0.4, 0.5) is 13.2 Å². The van der Waals surface area contributed by atoms with Gasteiger partial charge in [-0.3, -0.25) is 0 Å². The summed E-state index contributed by atoms with van der Waals surface area (Å²) in [7, 11) is 0. The van der Waals surface area contributed by atoms with Crippen LogP contribution in [0.15, 0.2) is 24.5 Å². The van der Waals surface area contributed by atoms with Crippen molar-refractivity contribution in [1.82, 2.24) is 14.7 Å². The number of piperidine rings is 1. The lowest BCUT2D eigenvalue weighted by atomic mass is 9.99. The fraction of sp³-hybridized carbons (Fsp3) is 0.462. The van der Waals surface area contributed by atoms with Crippen molar-refractivity contribution >= 4 is 5.52 Å². The Morgan fingerprint density at radius 3 is 2.89 bits per heavy atom. The van der Waals surface area contributed by atoms with Crippen LogP contribution in [0.25, 0.3) is 5.52 Å². The molecular weight excluding hydrogens is 255 g/mol. The van der Waals surface area contributed by atoms with Gasteiger partial charge in [-0.25, -0.2) is 4.98 Å². The average Bonchev–Trinajstić information content (AvgIpc) is 2.82. The van der Waals surface area contributed by atoms with E-state index in [2.05, 4.69) is 10.3 Å². The van der Waals surface area contributed by atoms with Gasteiger partial charge in [0.2, 0.25) is 0 Å². The lowest BCUT2D eigenvalue weighted by Gasteiger charge is -2.21. The van der Waals surface area contributed by atoms with Gasteiger partial charge in [0.15, 0.2) is 0 Å². The maximum absolute atomic E-state index is 12.9. The molecule has 6 heteroatoms. The number of halogens is 3. The first-order chi connectivity index (χ1) is 9.07. The van der Waals surface area contributed by atoms with E-state index in [1.807, 2.05) is 0 Å². The van der Waals surface area contributed by atoms with Crippen molar-refractivity contribution in [3.05, 3.63) is 35.9 Å². The summed E-state index contributed by atoms with van der Waals surface area (Å²) in [5.74, 6) is 0.896. The minimum absolute atomic E-state index is 0.135. The lowest BCUT2D eigenvalue weighted by molar-refractivity contribution is -0.136. The molecule has 1 saturated heterocycles. The number of nitrogens with one attached hydrogen (secondary N) is 1. The van der Waals surface area contributed by atoms with Gasteiger partial charge in [0.05, 0.1) is 17.3 Å². The molecule has 0 spiro atoms. The van der Waals surface area contributed by atoms with Gasteiger partial charge in [0, 0.05) is 18.7 Å². The number of imidazole rings is 1.